The zero-order chi connectivity index (χ0) is 20.2. The lowest BCUT2D eigenvalue weighted by atomic mass is 9.98. The Hall–Kier alpha value is -3.19. The summed E-state index contributed by atoms with van der Waals surface area (Å²) < 4.78 is 24.0. The van der Waals surface area contributed by atoms with Crippen LogP contribution >= 0.6 is 0 Å². The molecule has 3 heterocycles. The highest BCUT2D eigenvalue weighted by Crippen LogP contribution is 2.30. The van der Waals surface area contributed by atoms with E-state index in [1.165, 1.54) is 12.1 Å². The molecule has 0 bridgehead atoms. The smallest absolute Gasteiger partial charge is 0.259 e. The van der Waals surface area contributed by atoms with Gasteiger partial charge in [0.05, 0.1) is 6.61 Å². The molecule has 1 amide bonds. The summed E-state index contributed by atoms with van der Waals surface area (Å²) >= 11 is 0. The predicted octanol–water partition coefficient (Wildman–Crippen LogP) is 3.66. The Morgan fingerprint density at radius 3 is 3.00 bits per heavy atom. The second-order valence-corrected chi connectivity index (χ2v) is 6.82. The Morgan fingerprint density at radius 2 is 2.21 bits per heavy atom. The third kappa shape index (κ3) is 4.00. The minimum absolute atomic E-state index is 0.109. The molecule has 3 aromatic rings. The summed E-state index contributed by atoms with van der Waals surface area (Å²) in [7, 11) is 1.59. The first-order valence-corrected chi connectivity index (χ1v) is 9.49. The van der Waals surface area contributed by atoms with E-state index in [1.54, 1.807) is 36.4 Å². The molecule has 0 spiro atoms. The molecule has 150 valence electrons. The van der Waals surface area contributed by atoms with E-state index in [-0.39, 0.29) is 11.7 Å². The molecule has 0 unspecified atom stereocenters. The first kappa shape index (κ1) is 19.1. The first-order chi connectivity index (χ1) is 14.2. The number of halogens is 1. The average molecular weight is 395 g/mol. The molecular formula is C22H22FN3O3. The molecule has 6 nitrogen and oxygen atoms in total. The molecule has 0 atom stereocenters. The number of methoxy groups -OCH3 is 1. The number of carbonyl (C=O) groups is 1. The zero-order valence-electron chi connectivity index (χ0n) is 16.2. The molecular weight excluding hydrogens is 373 g/mol. The molecule has 1 aliphatic heterocycles. The maximum absolute atomic E-state index is 13.4. The van der Waals surface area contributed by atoms with Crippen LogP contribution in [0.4, 0.5) is 4.39 Å². The lowest BCUT2D eigenvalue weighted by Crippen LogP contribution is -2.35. The fourth-order valence-corrected chi connectivity index (χ4v) is 3.52. The number of benzene rings is 1. The number of fused-ring (bicyclic) bond motifs is 1. The van der Waals surface area contributed by atoms with Gasteiger partial charge >= 0.3 is 0 Å². The second kappa shape index (κ2) is 8.45. The molecule has 0 radical (unpaired) electrons. The summed E-state index contributed by atoms with van der Waals surface area (Å²) in [6, 6.07) is 8.20. The van der Waals surface area contributed by atoms with E-state index >= 15 is 0 Å². The molecule has 0 saturated heterocycles. The van der Waals surface area contributed by atoms with Gasteiger partial charge in [-0.15, -0.1) is 0 Å². The number of H-pyrrole nitrogens is 1. The molecule has 1 N–H and O–H groups in total. The number of hydrogen-bond acceptors (Lipinski definition) is 4. The molecule has 0 fully saturated rings. The zero-order valence-corrected chi connectivity index (χ0v) is 16.2. The van der Waals surface area contributed by atoms with Crippen molar-refractivity contribution < 1.29 is 18.7 Å². The number of nitrogens with zero attached hydrogens (tertiary/aromatic N) is 2. The summed E-state index contributed by atoms with van der Waals surface area (Å²) in [5.41, 5.74) is 3.42. The normalized spacial score (nSPS) is 14.1. The third-order valence-corrected chi connectivity index (χ3v) is 5.01. The van der Waals surface area contributed by atoms with E-state index in [2.05, 4.69) is 16.0 Å². The van der Waals surface area contributed by atoms with Crippen molar-refractivity contribution in [2.24, 2.45) is 0 Å². The van der Waals surface area contributed by atoms with Crippen LogP contribution in [0.15, 0.2) is 48.8 Å². The lowest BCUT2D eigenvalue weighted by molar-refractivity contribution is 0.0764. The van der Waals surface area contributed by atoms with Crippen molar-refractivity contribution in [2.75, 3.05) is 33.4 Å². The Morgan fingerprint density at radius 1 is 1.31 bits per heavy atom. The molecule has 7 heteroatoms. The number of nitrogens with one attached hydrogen (secondary N) is 1. The van der Waals surface area contributed by atoms with Gasteiger partial charge in [0.2, 0.25) is 5.88 Å². The van der Waals surface area contributed by atoms with Gasteiger partial charge in [0.15, 0.2) is 0 Å². The van der Waals surface area contributed by atoms with Crippen LogP contribution in [0.1, 0.15) is 22.3 Å². The molecule has 1 aromatic carbocycles. The highest BCUT2D eigenvalue weighted by molar-refractivity contribution is 5.97. The van der Waals surface area contributed by atoms with Crippen molar-refractivity contribution in [3.05, 3.63) is 65.7 Å². The average Bonchev–Trinajstić information content (AvgIpc) is 3.17. The Kier molecular flexibility index (Phi) is 5.57. The second-order valence-electron chi connectivity index (χ2n) is 6.82. The Labute approximate surface area is 168 Å². The standard InChI is InChI=1S/C22H22FN3O3/c1-28-11-12-29-21-18(3-2-8-24-21)22(27)26-9-6-15(7-10-26)19-14-25-20-13-16(23)4-5-17(19)20/h2-6,8,13-14,25H,7,9-12H2,1H3. The third-order valence-electron chi connectivity index (χ3n) is 5.01. The molecule has 2 aromatic heterocycles. The number of aromatic amines is 1. The molecule has 29 heavy (non-hydrogen) atoms. The first-order valence-electron chi connectivity index (χ1n) is 9.49. The Bertz CT molecular complexity index is 1060. The Balaban J connectivity index is 1.50. The van der Waals surface area contributed by atoms with Gasteiger partial charge in [-0.25, -0.2) is 9.37 Å². The number of hydrogen-bond donors (Lipinski definition) is 1. The number of ether oxygens (including phenoxy) is 2. The maximum atomic E-state index is 13.4. The summed E-state index contributed by atoms with van der Waals surface area (Å²) in [6.45, 7) is 1.84. The summed E-state index contributed by atoms with van der Waals surface area (Å²) in [5, 5.41) is 0.985. The quantitative estimate of drug-likeness (QED) is 0.647. The van der Waals surface area contributed by atoms with Crippen molar-refractivity contribution in [3.63, 3.8) is 0 Å². The predicted molar refractivity (Wildman–Crippen MR) is 108 cm³/mol. The SMILES string of the molecule is COCCOc1ncccc1C(=O)N1CC=C(c2c[nH]c3cc(F)ccc23)CC1. The summed E-state index contributed by atoms with van der Waals surface area (Å²) in [6.07, 6.45) is 6.27. The van der Waals surface area contributed by atoms with E-state index in [1.807, 2.05) is 6.20 Å². The van der Waals surface area contributed by atoms with Crippen LogP contribution in [0.2, 0.25) is 0 Å². The van der Waals surface area contributed by atoms with Gasteiger partial charge in [0.25, 0.3) is 5.91 Å². The largest absolute Gasteiger partial charge is 0.475 e. The van der Waals surface area contributed by atoms with Gasteiger partial charge < -0.3 is 19.4 Å². The number of amides is 1. The van der Waals surface area contributed by atoms with Crippen molar-refractivity contribution in [3.8, 4) is 5.88 Å². The van der Waals surface area contributed by atoms with Gasteiger partial charge in [-0.05, 0) is 42.3 Å². The van der Waals surface area contributed by atoms with Crippen LogP contribution in [0.25, 0.3) is 16.5 Å². The van der Waals surface area contributed by atoms with Gasteiger partial charge in [0, 0.05) is 49.1 Å². The van der Waals surface area contributed by atoms with E-state index in [0.717, 1.165) is 28.5 Å². The van der Waals surface area contributed by atoms with Crippen LogP contribution < -0.4 is 4.74 Å². The minimum atomic E-state index is -0.264. The molecule has 0 aliphatic carbocycles. The fraction of sp³-hybridized carbons (Fsp3) is 0.273. The lowest BCUT2D eigenvalue weighted by Gasteiger charge is -2.27. The van der Waals surface area contributed by atoms with Crippen molar-refractivity contribution in [1.82, 2.24) is 14.9 Å². The summed E-state index contributed by atoms with van der Waals surface area (Å²) in [5.74, 6) is -0.0508. The van der Waals surface area contributed by atoms with Gasteiger partial charge in [-0.2, -0.15) is 0 Å². The topological polar surface area (TPSA) is 67.5 Å². The maximum Gasteiger partial charge on any atom is 0.259 e. The number of aromatic nitrogens is 2. The monoisotopic (exact) mass is 395 g/mol. The van der Waals surface area contributed by atoms with Crippen molar-refractivity contribution in [2.45, 2.75) is 6.42 Å². The fourth-order valence-electron chi connectivity index (χ4n) is 3.52. The van der Waals surface area contributed by atoms with Gasteiger partial charge in [0.1, 0.15) is 18.0 Å². The minimum Gasteiger partial charge on any atom is -0.475 e. The van der Waals surface area contributed by atoms with Crippen LogP contribution in [0, 0.1) is 5.82 Å². The van der Waals surface area contributed by atoms with E-state index in [0.29, 0.717) is 37.7 Å². The molecule has 0 saturated carbocycles. The highest BCUT2D eigenvalue weighted by Gasteiger charge is 2.23. The van der Waals surface area contributed by atoms with E-state index in [9.17, 15) is 9.18 Å². The number of rotatable bonds is 6. The number of carbonyl (C=O) groups excluding carboxylic acids is 1. The summed E-state index contributed by atoms with van der Waals surface area (Å²) in [4.78, 5) is 22.1. The van der Waals surface area contributed by atoms with Gasteiger partial charge in [-0.3, -0.25) is 4.79 Å². The van der Waals surface area contributed by atoms with Gasteiger partial charge in [-0.1, -0.05) is 6.08 Å². The molecule has 1 aliphatic rings. The van der Waals surface area contributed by atoms with Crippen LogP contribution in [-0.4, -0.2) is 54.2 Å². The van der Waals surface area contributed by atoms with Crippen LogP contribution in [-0.2, 0) is 4.74 Å². The van der Waals surface area contributed by atoms with Crippen molar-refractivity contribution >= 4 is 22.4 Å². The van der Waals surface area contributed by atoms with Crippen LogP contribution in [0.3, 0.4) is 0 Å². The van der Waals surface area contributed by atoms with E-state index in [4.69, 9.17) is 9.47 Å². The highest BCUT2D eigenvalue weighted by atomic mass is 19.1. The molecule has 4 rings (SSSR count). The number of pyridine rings is 1. The van der Waals surface area contributed by atoms with Crippen LogP contribution in [0.5, 0.6) is 5.88 Å². The van der Waals surface area contributed by atoms with E-state index < -0.39 is 0 Å². The van der Waals surface area contributed by atoms with Crippen molar-refractivity contribution in [1.29, 1.82) is 0 Å².